The van der Waals surface area contributed by atoms with Crippen LogP contribution in [-0.4, -0.2) is 53.3 Å². The fraction of sp³-hybridized carbons (Fsp3) is 0.500. The molecule has 36 heavy (non-hydrogen) atoms. The lowest BCUT2D eigenvalue weighted by Gasteiger charge is -2.31. The van der Waals surface area contributed by atoms with E-state index in [2.05, 4.69) is 20.4 Å². The first-order valence-corrected chi connectivity index (χ1v) is 13.8. The normalized spacial score (nSPS) is 19.2. The molecule has 3 aromatic rings. The quantitative estimate of drug-likeness (QED) is 0.444. The second kappa shape index (κ2) is 9.89. The summed E-state index contributed by atoms with van der Waals surface area (Å²) in [5.74, 6) is -0.648. The summed E-state index contributed by atoms with van der Waals surface area (Å²) in [5.41, 5.74) is 5.36. The lowest BCUT2D eigenvalue weighted by atomic mass is 9.81. The first-order chi connectivity index (χ1) is 17.6. The number of aromatic nitrogens is 1. The Bertz CT molecular complexity index is 1270. The van der Waals surface area contributed by atoms with Crippen molar-refractivity contribution >= 4 is 22.6 Å². The summed E-state index contributed by atoms with van der Waals surface area (Å²) in [6.45, 7) is 5.44. The molecule has 1 N–H and O–H groups in total. The van der Waals surface area contributed by atoms with Gasteiger partial charge in [-0.15, -0.1) is 0 Å². The maximum absolute atomic E-state index is 15.6. The number of rotatable bonds is 5. The Morgan fingerprint density at radius 1 is 0.917 bits per heavy atom. The number of hydrogen-bond donors (Lipinski definition) is 1. The molecule has 5 nitrogen and oxygen atoms in total. The van der Waals surface area contributed by atoms with Gasteiger partial charge in [-0.05, 0) is 68.5 Å². The van der Waals surface area contributed by atoms with Gasteiger partial charge in [0.2, 0.25) is 0 Å². The van der Waals surface area contributed by atoms with Crippen LogP contribution in [0.25, 0.3) is 22.2 Å². The lowest BCUT2D eigenvalue weighted by molar-refractivity contribution is 0.0697. The number of benzene rings is 2. The second-order valence-electron chi connectivity index (χ2n) is 10.8. The highest BCUT2D eigenvalue weighted by molar-refractivity contribution is 5.99. The molecule has 6 heteroatoms. The lowest BCUT2D eigenvalue weighted by Crippen LogP contribution is -2.39. The van der Waals surface area contributed by atoms with Crippen LogP contribution < -0.4 is 4.90 Å². The number of piperidine rings is 1. The molecule has 0 bridgehead atoms. The Balaban J connectivity index is 1.49. The van der Waals surface area contributed by atoms with Crippen molar-refractivity contribution in [2.24, 2.45) is 0 Å². The number of carboxylic acids is 1. The molecular formula is C30H36FN3O2. The van der Waals surface area contributed by atoms with E-state index in [0.717, 1.165) is 67.7 Å². The van der Waals surface area contributed by atoms with Gasteiger partial charge in [0.15, 0.2) is 0 Å². The fourth-order valence-corrected chi connectivity index (χ4v) is 6.87. The second-order valence-corrected chi connectivity index (χ2v) is 10.8. The molecule has 3 aliphatic rings. The van der Waals surface area contributed by atoms with Gasteiger partial charge in [-0.25, -0.2) is 9.18 Å². The maximum atomic E-state index is 15.6. The molecule has 190 valence electrons. The van der Waals surface area contributed by atoms with Crippen molar-refractivity contribution in [1.82, 2.24) is 9.47 Å². The third-order valence-corrected chi connectivity index (χ3v) is 8.65. The average Bonchev–Trinajstić information content (AvgIpc) is 3.13. The monoisotopic (exact) mass is 489 g/mol. The number of fused-ring (bicyclic) bond motifs is 5. The van der Waals surface area contributed by atoms with E-state index in [1.165, 1.54) is 44.1 Å². The zero-order valence-corrected chi connectivity index (χ0v) is 21.0. The molecular weight excluding hydrogens is 453 g/mol. The van der Waals surface area contributed by atoms with E-state index in [-0.39, 0.29) is 5.82 Å². The molecule has 2 aromatic carbocycles. The van der Waals surface area contributed by atoms with Crippen molar-refractivity contribution in [3.63, 3.8) is 0 Å². The molecule has 0 unspecified atom stereocenters. The molecule has 0 radical (unpaired) electrons. The predicted molar refractivity (Wildman–Crippen MR) is 143 cm³/mol. The van der Waals surface area contributed by atoms with Crippen LogP contribution in [0.1, 0.15) is 73.2 Å². The van der Waals surface area contributed by atoms with Crippen LogP contribution in [0.4, 0.5) is 10.1 Å². The van der Waals surface area contributed by atoms with Crippen LogP contribution in [0.2, 0.25) is 0 Å². The molecule has 0 amide bonds. The van der Waals surface area contributed by atoms with Crippen molar-refractivity contribution in [2.45, 2.75) is 63.8 Å². The highest BCUT2D eigenvalue weighted by atomic mass is 19.1. The van der Waals surface area contributed by atoms with Crippen molar-refractivity contribution in [2.75, 3.05) is 37.6 Å². The fourth-order valence-electron chi connectivity index (χ4n) is 6.87. The summed E-state index contributed by atoms with van der Waals surface area (Å²) in [4.78, 5) is 16.6. The summed E-state index contributed by atoms with van der Waals surface area (Å²) in [6, 6.07) is 11.1. The number of anilines is 1. The van der Waals surface area contributed by atoms with E-state index in [4.69, 9.17) is 0 Å². The summed E-state index contributed by atoms with van der Waals surface area (Å²) in [6.07, 6.45) is 9.76. The summed E-state index contributed by atoms with van der Waals surface area (Å²) >= 11 is 0. The van der Waals surface area contributed by atoms with Crippen LogP contribution in [-0.2, 0) is 6.54 Å². The van der Waals surface area contributed by atoms with Crippen LogP contribution in [0.3, 0.4) is 0 Å². The third kappa shape index (κ3) is 4.19. The van der Waals surface area contributed by atoms with Gasteiger partial charge in [0.25, 0.3) is 0 Å². The van der Waals surface area contributed by atoms with Gasteiger partial charge in [-0.2, -0.15) is 0 Å². The minimum Gasteiger partial charge on any atom is -0.478 e. The number of aromatic carboxylic acids is 1. The summed E-state index contributed by atoms with van der Waals surface area (Å²) in [7, 11) is 0. The molecule has 6 rings (SSSR count). The average molecular weight is 490 g/mol. The first kappa shape index (κ1) is 23.5. The van der Waals surface area contributed by atoms with Crippen molar-refractivity contribution in [1.29, 1.82) is 0 Å². The number of nitrogens with zero attached hydrogens (tertiary/aromatic N) is 3. The molecule has 1 saturated carbocycles. The molecule has 2 fully saturated rings. The molecule has 0 atom stereocenters. The van der Waals surface area contributed by atoms with Crippen LogP contribution in [0, 0.1) is 5.82 Å². The van der Waals surface area contributed by atoms with E-state index in [1.807, 2.05) is 18.2 Å². The minimum absolute atomic E-state index is 0.161. The zero-order chi connectivity index (χ0) is 24.6. The smallest absolute Gasteiger partial charge is 0.335 e. The number of para-hydroxylation sites is 1. The van der Waals surface area contributed by atoms with Gasteiger partial charge in [-0.3, -0.25) is 0 Å². The van der Waals surface area contributed by atoms with Gasteiger partial charge in [0, 0.05) is 42.6 Å². The number of halogens is 1. The van der Waals surface area contributed by atoms with Gasteiger partial charge in [0.1, 0.15) is 5.82 Å². The zero-order valence-electron chi connectivity index (χ0n) is 21.0. The van der Waals surface area contributed by atoms with E-state index in [1.54, 1.807) is 12.1 Å². The first-order valence-electron chi connectivity index (χ1n) is 13.8. The third-order valence-electron chi connectivity index (χ3n) is 8.65. The standard InChI is InChI=1S/C30H36FN3O2/c31-25-11-7-10-24-28(25)33(17-16-32-14-5-2-6-15-32)18-19-34-26-20-22(30(35)36)12-13-23(26)27(29(24)34)21-8-3-1-4-9-21/h7,10-13,20-21H,1-6,8-9,14-19H2,(H,35,36). The minimum atomic E-state index is -0.908. The summed E-state index contributed by atoms with van der Waals surface area (Å²) in [5, 5.41) is 10.9. The predicted octanol–water partition coefficient (Wildman–Crippen LogP) is 6.50. The number of carbonyl (C=O) groups is 1. The Morgan fingerprint density at radius 2 is 1.69 bits per heavy atom. The Morgan fingerprint density at radius 3 is 2.47 bits per heavy atom. The molecule has 1 aliphatic carbocycles. The van der Waals surface area contributed by atoms with E-state index < -0.39 is 5.97 Å². The van der Waals surface area contributed by atoms with Crippen molar-refractivity contribution < 1.29 is 14.3 Å². The molecule has 2 aliphatic heterocycles. The Kier molecular flexibility index (Phi) is 6.46. The van der Waals surface area contributed by atoms with Crippen LogP contribution in [0.15, 0.2) is 36.4 Å². The summed E-state index contributed by atoms with van der Waals surface area (Å²) < 4.78 is 17.9. The molecule has 0 spiro atoms. The van der Waals surface area contributed by atoms with Crippen LogP contribution >= 0.6 is 0 Å². The molecule has 3 heterocycles. The highest BCUT2D eigenvalue weighted by Crippen LogP contribution is 2.48. The topological polar surface area (TPSA) is 48.7 Å². The van der Waals surface area contributed by atoms with E-state index in [9.17, 15) is 9.90 Å². The molecule has 1 saturated heterocycles. The van der Waals surface area contributed by atoms with Gasteiger partial charge in [0.05, 0.1) is 16.9 Å². The largest absolute Gasteiger partial charge is 0.478 e. The number of likely N-dealkylation sites (tertiary alicyclic amines) is 1. The van der Waals surface area contributed by atoms with Gasteiger partial charge >= 0.3 is 5.97 Å². The van der Waals surface area contributed by atoms with Crippen molar-refractivity contribution in [3.8, 4) is 11.3 Å². The van der Waals surface area contributed by atoms with E-state index >= 15 is 4.39 Å². The van der Waals surface area contributed by atoms with Crippen molar-refractivity contribution in [3.05, 3.63) is 53.3 Å². The maximum Gasteiger partial charge on any atom is 0.335 e. The Labute approximate surface area is 212 Å². The van der Waals surface area contributed by atoms with Gasteiger partial charge < -0.3 is 19.5 Å². The highest BCUT2D eigenvalue weighted by Gasteiger charge is 2.32. The van der Waals surface area contributed by atoms with E-state index in [0.29, 0.717) is 23.7 Å². The van der Waals surface area contributed by atoms with Gasteiger partial charge in [-0.1, -0.05) is 43.9 Å². The SMILES string of the molecule is O=C(O)c1ccc2c(C3CCCCC3)c3n(c2c1)CCN(CCN1CCCCC1)c1c(F)cccc1-3. The number of hydrogen-bond acceptors (Lipinski definition) is 3. The molecule has 1 aromatic heterocycles. The van der Waals surface area contributed by atoms with Crippen LogP contribution in [0.5, 0.6) is 0 Å². The Hall–Kier alpha value is -2.86. The number of carboxylic acid groups (broad SMARTS) is 1.